The minimum absolute atomic E-state index is 0.0207. The molecule has 2 N–H and O–H groups in total. The van der Waals surface area contributed by atoms with Gasteiger partial charge in [0.05, 0.1) is 13.2 Å². The van der Waals surface area contributed by atoms with E-state index < -0.39 is 0 Å². The number of hydrogen-bond donors (Lipinski definition) is 2. The summed E-state index contributed by atoms with van der Waals surface area (Å²) >= 11 is 0. The zero-order valence-electron chi connectivity index (χ0n) is 12.0. The van der Waals surface area contributed by atoms with Crippen molar-refractivity contribution in [1.82, 2.24) is 10.6 Å². The largest absolute Gasteiger partial charge is 0.378 e. The molecule has 1 aromatic carbocycles. The van der Waals surface area contributed by atoms with E-state index in [0.717, 1.165) is 12.1 Å². The lowest BCUT2D eigenvalue weighted by molar-refractivity contribution is -0.122. The average molecular weight is 280 g/mol. The second-order valence-electron chi connectivity index (χ2n) is 5.25. The second kappa shape index (κ2) is 6.81. The summed E-state index contributed by atoms with van der Waals surface area (Å²) in [6, 6.07) is 3.62. The maximum Gasteiger partial charge on any atom is 0.221 e. The van der Waals surface area contributed by atoms with Crippen molar-refractivity contribution in [1.29, 1.82) is 0 Å². The zero-order valence-corrected chi connectivity index (χ0v) is 12.0. The molecule has 1 fully saturated rings. The Hall–Kier alpha value is -1.46. The van der Waals surface area contributed by atoms with Crippen molar-refractivity contribution in [2.24, 2.45) is 0 Å². The fourth-order valence-electron chi connectivity index (χ4n) is 2.39. The molecule has 110 valence electrons. The van der Waals surface area contributed by atoms with Crippen molar-refractivity contribution in [3.63, 3.8) is 0 Å². The maximum absolute atomic E-state index is 13.5. The van der Waals surface area contributed by atoms with Crippen LogP contribution in [0.5, 0.6) is 0 Å². The number of hydrogen-bond acceptors (Lipinski definition) is 3. The molecule has 0 saturated carbocycles. The van der Waals surface area contributed by atoms with E-state index in [9.17, 15) is 9.18 Å². The monoisotopic (exact) mass is 280 g/mol. The van der Waals surface area contributed by atoms with E-state index in [1.165, 1.54) is 0 Å². The van der Waals surface area contributed by atoms with Crippen LogP contribution in [0.3, 0.4) is 0 Å². The number of ether oxygens (including phenoxy) is 1. The normalized spacial score (nSPS) is 18.9. The molecular formula is C15H21FN2O2. The van der Waals surface area contributed by atoms with E-state index in [4.69, 9.17) is 4.74 Å². The SMILES string of the molecule is Cc1cc(CNC(=O)CC2COCCN2)cc(C)c1F. The summed E-state index contributed by atoms with van der Waals surface area (Å²) < 4.78 is 18.8. The van der Waals surface area contributed by atoms with Gasteiger partial charge in [-0.25, -0.2) is 4.39 Å². The van der Waals surface area contributed by atoms with Gasteiger partial charge in [-0.3, -0.25) is 4.79 Å². The molecule has 1 aliphatic rings. The van der Waals surface area contributed by atoms with Crippen LogP contribution in [0.4, 0.5) is 4.39 Å². The van der Waals surface area contributed by atoms with Gasteiger partial charge in [0.15, 0.2) is 0 Å². The van der Waals surface area contributed by atoms with Gasteiger partial charge in [0, 0.05) is 25.6 Å². The summed E-state index contributed by atoms with van der Waals surface area (Å²) in [6.45, 7) is 5.95. The Morgan fingerprint density at radius 3 is 2.75 bits per heavy atom. The molecule has 0 spiro atoms. The third-order valence-corrected chi connectivity index (χ3v) is 3.42. The first-order valence-electron chi connectivity index (χ1n) is 6.89. The lowest BCUT2D eigenvalue weighted by Gasteiger charge is -2.23. The van der Waals surface area contributed by atoms with E-state index in [1.807, 2.05) is 0 Å². The molecule has 1 aliphatic heterocycles. The first-order chi connectivity index (χ1) is 9.56. The Bertz CT molecular complexity index is 462. The van der Waals surface area contributed by atoms with Gasteiger partial charge in [-0.2, -0.15) is 0 Å². The molecule has 0 radical (unpaired) electrons. The average Bonchev–Trinajstić information content (AvgIpc) is 2.43. The molecule has 0 aliphatic carbocycles. The Morgan fingerprint density at radius 1 is 1.45 bits per heavy atom. The van der Waals surface area contributed by atoms with Gasteiger partial charge in [0.2, 0.25) is 5.91 Å². The fraction of sp³-hybridized carbons (Fsp3) is 0.533. The molecule has 1 unspecified atom stereocenters. The Kier molecular flexibility index (Phi) is 5.09. The smallest absolute Gasteiger partial charge is 0.221 e. The summed E-state index contributed by atoms with van der Waals surface area (Å²) in [5.74, 6) is -0.198. The molecule has 2 rings (SSSR count). The molecule has 4 nitrogen and oxygen atoms in total. The van der Waals surface area contributed by atoms with Crippen LogP contribution >= 0.6 is 0 Å². The predicted molar refractivity (Wildman–Crippen MR) is 74.9 cm³/mol. The van der Waals surface area contributed by atoms with Crippen LogP contribution in [0.1, 0.15) is 23.1 Å². The highest BCUT2D eigenvalue weighted by atomic mass is 19.1. The van der Waals surface area contributed by atoms with E-state index >= 15 is 0 Å². The number of carbonyl (C=O) groups excluding carboxylic acids is 1. The lowest BCUT2D eigenvalue weighted by Crippen LogP contribution is -2.44. The first kappa shape index (κ1) is 14.9. The topological polar surface area (TPSA) is 50.4 Å². The van der Waals surface area contributed by atoms with Crippen molar-refractivity contribution in [2.75, 3.05) is 19.8 Å². The second-order valence-corrected chi connectivity index (χ2v) is 5.25. The number of benzene rings is 1. The molecule has 0 bridgehead atoms. The highest BCUT2D eigenvalue weighted by molar-refractivity contribution is 5.76. The minimum atomic E-state index is -0.177. The summed E-state index contributed by atoms with van der Waals surface area (Å²) in [6.07, 6.45) is 0.402. The molecule has 1 aromatic rings. The number of halogens is 1. The van der Waals surface area contributed by atoms with Crippen molar-refractivity contribution in [2.45, 2.75) is 32.9 Å². The standard InChI is InChI=1S/C15H21FN2O2/c1-10-5-12(6-11(2)15(10)16)8-18-14(19)7-13-9-20-4-3-17-13/h5-6,13,17H,3-4,7-9H2,1-2H3,(H,18,19). The molecule has 1 saturated heterocycles. The van der Waals surface area contributed by atoms with Crippen LogP contribution in [-0.4, -0.2) is 31.7 Å². The molecule has 5 heteroatoms. The molecule has 1 atom stereocenters. The zero-order chi connectivity index (χ0) is 14.5. The summed E-state index contributed by atoms with van der Waals surface area (Å²) in [7, 11) is 0. The summed E-state index contributed by atoms with van der Waals surface area (Å²) in [5, 5.41) is 6.10. The molecular weight excluding hydrogens is 259 g/mol. The summed E-state index contributed by atoms with van der Waals surface area (Å²) in [5.41, 5.74) is 2.13. The van der Waals surface area contributed by atoms with E-state index in [0.29, 0.717) is 37.3 Å². The van der Waals surface area contributed by atoms with E-state index in [2.05, 4.69) is 10.6 Å². The quantitative estimate of drug-likeness (QED) is 0.877. The van der Waals surface area contributed by atoms with Gasteiger partial charge in [0.1, 0.15) is 5.82 Å². The Balaban J connectivity index is 1.83. The number of nitrogens with one attached hydrogen (secondary N) is 2. The van der Waals surface area contributed by atoms with E-state index in [-0.39, 0.29) is 17.8 Å². The summed E-state index contributed by atoms with van der Waals surface area (Å²) in [4.78, 5) is 11.8. The first-order valence-corrected chi connectivity index (χ1v) is 6.89. The van der Waals surface area contributed by atoms with Gasteiger partial charge in [-0.05, 0) is 30.5 Å². The predicted octanol–water partition coefficient (Wildman–Crippen LogP) is 1.44. The highest BCUT2D eigenvalue weighted by Crippen LogP contribution is 2.14. The van der Waals surface area contributed by atoms with Crippen LogP contribution in [0, 0.1) is 19.7 Å². The van der Waals surface area contributed by atoms with Gasteiger partial charge < -0.3 is 15.4 Å². The van der Waals surface area contributed by atoms with Crippen LogP contribution in [0.25, 0.3) is 0 Å². The maximum atomic E-state index is 13.5. The Labute approximate surface area is 118 Å². The third-order valence-electron chi connectivity index (χ3n) is 3.42. The third kappa shape index (κ3) is 4.02. The van der Waals surface area contributed by atoms with Gasteiger partial charge >= 0.3 is 0 Å². The number of rotatable bonds is 4. The van der Waals surface area contributed by atoms with Crippen LogP contribution in [-0.2, 0) is 16.1 Å². The van der Waals surface area contributed by atoms with Crippen LogP contribution < -0.4 is 10.6 Å². The molecule has 1 amide bonds. The number of morpholine rings is 1. The Morgan fingerprint density at radius 2 is 2.15 bits per heavy atom. The molecule has 20 heavy (non-hydrogen) atoms. The number of carbonyl (C=O) groups is 1. The number of amides is 1. The van der Waals surface area contributed by atoms with Crippen molar-refractivity contribution >= 4 is 5.91 Å². The van der Waals surface area contributed by atoms with E-state index in [1.54, 1.807) is 26.0 Å². The van der Waals surface area contributed by atoms with Gasteiger partial charge in [0.25, 0.3) is 0 Å². The van der Waals surface area contributed by atoms with Crippen molar-refractivity contribution in [3.8, 4) is 0 Å². The number of aryl methyl sites for hydroxylation is 2. The molecule has 1 heterocycles. The molecule has 0 aromatic heterocycles. The van der Waals surface area contributed by atoms with Crippen molar-refractivity contribution in [3.05, 3.63) is 34.6 Å². The fourth-order valence-corrected chi connectivity index (χ4v) is 2.39. The van der Waals surface area contributed by atoms with Gasteiger partial charge in [-0.15, -0.1) is 0 Å². The van der Waals surface area contributed by atoms with Crippen molar-refractivity contribution < 1.29 is 13.9 Å². The van der Waals surface area contributed by atoms with Crippen LogP contribution in [0.2, 0.25) is 0 Å². The lowest BCUT2D eigenvalue weighted by atomic mass is 10.1. The van der Waals surface area contributed by atoms with Gasteiger partial charge in [-0.1, -0.05) is 12.1 Å². The van der Waals surface area contributed by atoms with Crippen LogP contribution in [0.15, 0.2) is 12.1 Å². The highest BCUT2D eigenvalue weighted by Gasteiger charge is 2.16. The minimum Gasteiger partial charge on any atom is -0.378 e.